The normalized spacial score (nSPS) is 18.0. The van der Waals surface area contributed by atoms with Gasteiger partial charge >= 0.3 is 0 Å². The number of hydrogen-bond acceptors (Lipinski definition) is 2. The molecule has 50 valence electrons. The van der Waals surface area contributed by atoms with Crippen molar-refractivity contribution in [3.8, 4) is 0 Å². The van der Waals surface area contributed by atoms with Gasteiger partial charge in [0.2, 0.25) is 0 Å². The zero-order valence-electron chi connectivity index (χ0n) is 5.49. The summed E-state index contributed by atoms with van der Waals surface area (Å²) in [6, 6.07) is 0. The first-order chi connectivity index (χ1) is 3.62. The van der Waals surface area contributed by atoms with Crippen LogP contribution in [0.5, 0.6) is 0 Å². The molecule has 1 atom stereocenters. The molecule has 8 heavy (non-hydrogen) atoms. The Balaban J connectivity index is 3.37. The molecule has 0 amide bonds. The van der Waals surface area contributed by atoms with Gasteiger partial charge in [-0.3, -0.25) is 5.32 Å². The smallest absolute Gasteiger partial charge is 0.137 e. The third-order valence-corrected chi connectivity index (χ3v) is 2.38. The maximum atomic E-state index is 5.87. The Morgan fingerprint density at radius 1 is 1.75 bits per heavy atom. The highest BCUT2D eigenvalue weighted by Gasteiger charge is 2.15. The second kappa shape index (κ2) is 3.59. The van der Waals surface area contributed by atoms with Gasteiger partial charge in [-0.2, -0.15) is 0 Å². The SMILES string of the molecule is CCNC(C)(Cl)SC. The van der Waals surface area contributed by atoms with Crippen LogP contribution >= 0.6 is 23.4 Å². The van der Waals surface area contributed by atoms with Crippen LogP contribution in [0.1, 0.15) is 13.8 Å². The van der Waals surface area contributed by atoms with Crippen LogP contribution in [0.15, 0.2) is 0 Å². The molecule has 0 radical (unpaired) electrons. The van der Waals surface area contributed by atoms with Crippen LogP contribution in [0, 0.1) is 0 Å². The highest BCUT2D eigenvalue weighted by atomic mass is 35.5. The van der Waals surface area contributed by atoms with Gasteiger partial charge in [0, 0.05) is 0 Å². The second-order valence-corrected chi connectivity index (χ2v) is 3.86. The fraction of sp³-hybridized carbons (Fsp3) is 1.00. The number of rotatable bonds is 3. The van der Waals surface area contributed by atoms with E-state index in [1.165, 1.54) is 0 Å². The van der Waals surface area contributed by atoms with Gasteiger partial charge in [0.25, 0.3) is 0 Å². The summed E-state index contributed by atoms with van der Waals surface area (Å²) in [5.41, 5.74) is 0. The largest absolute Gasteiger partial charge is 0.291 e. The lowest BCUT2D eigenvalue weighted by molar-refractivity contribution is 0.669. The Morgan fingerprint density at radius 3 is 2.38 bits per heavy atom. The summed E-state index contributed by atoms with van der Waals surface area (Å²) in [4.78, 5) is 0. The highest BCUT2D eigenvalue weighted by Crippen LogP contribution is 2.22. The minimum absolute atomic E-state index is 0.269. The van der Waals surface area contributed by atoms with Gasteiger partial charge in [-0.05, 0) is 19.7 Å². The van der Waals surface area contributed by atoms with Gasteiger partial charge in [-0.15, -0.1) is 11.8 Å². The summed E-state index contributed by atoms with van der Waals surface area (Å²) in [7, 11) is 0. The molecule has 0 rings (SSSR count). The van der Waals surface area contributed by atoms with Crippen LogP contribution in [0.3, 0.4) is 0 Å². The molecular weight excluding hydrogens is 142 g/mol. The molecule has 0 spiro atoms. The zero-order valence-corrected chi connectivity index (χ0v) is 7.07. The van der Waals surface area contributed by atoms with E-state index >= 15 is 0 Å². The number of alkyl halides is 1. The van der Waals surface area contributed by atoms with Crippen molar-refractivity contribution in [1.29, 1.82) is 0 Å². The summed E-state index contributed by atoms with van der Waals surface area (Å²) >= 11 is 7.48. The van der Waals surface area contributed by atoms with Crippen LogP contribution in [0.2, 0.25) is 0 Å². The summed E-state index contributed by atoms with van der Waals surface area (Å²) < 4.78 is -0.269. The first kappa shape index (κ1) is 8.60. The Labute approximate surface area is 60.2 Å². The molecule has 3 heteroatoms. The number of nitrogens with one attached hydrogen (secondary N) is 1. The minimum Gasteiger partial charge on any atom is -0.291 e. The quantitative estimate of drug-likeness (QED) is 0.378. The highest BCUT2D eigenvalue weighted by molar-refractivity contribution is 8.01. The van der Waals surface area contributed by atoms with Crippen LogP contribution in [0.25, 0.3) is 0 Å². The predicted octanol–water partition coefficient (Wildman–Crippen LogP) is 1.87. The zero-order chi connectivity index (χ0) is 6.62. The summed E-state index contributed by atoms with van der Waals surface area (Å²) in [5.74, 6) is 0. The minimum atomic E-state index is -0.269. The van der Waals surface area contributed by atoms with Gasteiger partial charge in [0.1, 0.15) is 4.33 Å². The van der Waals surface area contributed by atoms with Crippen molar-refractivity contribution in [3.05, 3.63) is 0 Å². The van der Waals surface area contributed by atoms with E-state index in [2.05, 4.69) is 5.32 Å². The average molecular weight is 154 g/mol. The van der Waals surface area contributed by atoms with Crippen molar-refractivity contribution in [2.75, 3.05) is 12.8 Å². The standard InChI is InChI=1S/C5H12ClNS/c1-4-7-5(2,6)8-3/h7H,4H2,1-3H3. The lowest BCUT2D eigenvalue weighted by Crippen LogP contribution is -2.32. The van der Waals surface area contributed by atoms with Gasteiger partial charge in [-0.1, -0.05) is 18.5 Å². The first-order valence-corrected chi connectivity index (χ1v) is 4.21. The monoisotopic (exact) mass is 153 g/mol. The molecule has 0 bridgehead atoms. The first-order valence-electron chi connectivity index (χ1n) is 2.61. The van der Waals surface area contributed by atoms with Gasteiger partial charge in [-0.25, -0.2) is 0 Å². The van der Waals surface area contributed by atoms with E-state index in [-0.39, 0.29) is 4.33 Å². The molecule has 0 aromatic rings. The van der Waals surface area contributed by atoms with Crippen molar-refractivity contribution in [2.24, 2.45) is 0 Å². The molecular formula is C5H12ClNS. The lowest BCUT2D eigenvalue weighted by atomic mass is 10.6. The average Bonchev–Trinajstić information content (AvgIpc) is 1.67. The van der Waals surface area contributed by atoms with Crippen LogP contribution in [-0.4, -0.2) is 17.1 Å². The molecule has 0 aliphatic rings. The molecule has 0 heterocycles. The molecule has 1 unspecified atom stereocenters. The van der Waals surface area contributed by atoms with Gasteiger partial charge in [0.05, 0.1) is 0 Å². The Hall–Kier alpha value is 0.600. The van der Waals surface area contributed by atoms with Crippen LogP contribution < -0.4 is 5.32 Å². The Kier molecular flexibility index (Phi) is 3.86. The van der Waals surface area contributed by atoms with Gasteiger partial charge < -0.3 is 0 Å². The maximum Gasteiger partial charge on any atom is 0.137 e. The van der Waals surface area contributed by atoms with Crippen molar-refractivity contribution in [3.63, 3.8) is 0 Å². The summed E-state index contributed by atoms with van der Waals surface area (Å²) in [6.07, 6.45) is 1.98. The lowest BCUT2D eigenvalue weighted by Gasteiger charge is -2.19. The number of hydrogen-bond donors (Lipinski definition) is 1. The van der Waals surface area contributed by atoms with E-state index in [0.717, 1.165) is 6.54 Å². The van der Waals surface area contributed by atoms with Crippen molar-refractivity contribution >= 4 is 23.4 Å². The molecule has 0 fully saturated rings. The Bertz CT molecular complexity index is 65.4. The predicted molar refractivity (Wildman–Crippen MR) is 41.4 cm³/mol. The topological polar surface area (TPSA) is 12.0 Å². The van der Waals surface area contributed by atoms with Crippen molar-refractivity contribution in [1.82, 2.24) is 5.32 Å². The molecule has 0 aliphatic heterocycles. The van der Waals surface area contributed by atoms with Gasteiger partial charge in [0.15, 0.2) is 0 Å². The van der Waals surface area contributed by atoms with Crippen LogP contribution in [0.4, 0.5) is 0 Å². The van der Waals surface area contributed by atoms with Crippen LogP contribution in [-0.2, 0) is 0 Å². The molecule has 0 aromatic carbocycles. The molecule has 0 saturated carbocycles. The number of halogens is 1. The second-order valence-electron chi connectivity index (χ2n) is 1.65. The van der Waals surface area contributed by atoms with E-state index in [4.69, 9.17) is 11.6 Å². The fourth-order valence-electron chi connectivity index (χ4n) is 0.388. The number of thioether (sulfide) groups is 1. The molecule has 1 N–H and O–H groups in total. The fourth-order valence-corrected chi connectivity index (χ4v) is 0.810. The van der Waals surface area contributed by atoms with E-state index in [9.17, 15) is 0 Å². The molecule has 1 nitrogen and oxygen atoms in total. The Morgan fingerprint density at radius 2 is 2.25 bits per heavy atom. The third-order valence-electron chi connectivity index (χ3n) is 0.876. The maximum absolute atomic E-state index is 5.87. The summed E-state index contributed by atoms with van der Waals surface area (Å²) in [5, 5.41) is 3.10. The van der Waals surface area contributed by atoms with Crippen molar-refractivity contribution < 1.29 is 0 Å². The molecule has 0 aliphatic carbocycles. The van der Waals surface area contributed by atoms with E-state index < -0.39 is 0 Å². The summed E-state index contributed by atoms with van der Waals surface area (Å²) in [6.45, 7) is 4.90. The molecule has 0 saturated heterocycles. The van der Waals surface area contributed by atoms with E-state index in [1.807, 2.05) is 20.1 Å². The van der Waals surface area contributed by atoms with E-state index in [1.54, 1.807) is 11.8 Å². The van der Waals surface area contributed by atoms with E-state index in [0.29, 0.717) is 0 Å². The molecule has 0 aromatic heterocycles. The third kappa shape index (κ3) is 3.58. The van der Waals surface area contributed by atoms with Crippen molar-refractivity contribution in [2.45, 2.75) is 18.2 Å².